The largest absolute Gasteiger partial charge is 0.490 e. The minimum absolute atomic E-state index is 0.0144. The molecule has 1 aliphatic rings. The maximum absolute atomic E-state index is 12.5. The number of hydrogen-bond donors (Lipinski definition) is 0. The van der Waals surface area contributed by atoms with E-state index in [1.807, 2.05) is 18.7 Å². The first-order valence-electron chi connectivity index (χ1n) is 7.55. The third-order valence-corrected chi connectivity index (χ3v) is 3.77. The average molecular weight is 312 g/mol. The Morgan fingerprint density at radius 3 is 2.43 bits per heavy atom. The summed E-state index contributed by atoms with van der Waals surface area (Å²) in [6.45, 7) is 6.40. The molecular formula is C16H22ClNO3. The first-order chi connectivity index (χ1) is 10.2. The number of likely N-dealkylation sites (tertiary alicyclic amines) is 1. The fourth-order valence-corrected chi connectivity index (χ4v) is 2.78. The van der Waals surface area contributed by atoms with Crippen molar-refractivity contribution in [1.82, 2.24) is 4.90 Å². The van der Waals surface area contributed by atoms with Crippen LogP contribution in [0.1, 0.15) is 43.5 Å². The van der Waals surface area contributed by atoms with Crippen LogP contribution < -0.4 is 9.47 Å². The molecule has 1 aromatic carbocycles. The van der Waals surface area contributed by atoms with Gasteiger partial charge in [0.1, 0.15) is 0 Å². The Hall–Kier alpha value is -1.42. The van der Waals surface area contributed by atoms with E-state index in [0.29, 0.717) is 35.3 Å². The van der Waals surface area contributed by atoms with E-state index >= 15 is 0 Å². The second kappa shape index (κ2) is 7.55. The topological polar surface area (TPSA) is 38.8 Å². The third-order valence-electron chi connectivity index (χ3n) is 3.49. The van der Waals surface area contributed by atoms with Crippen LogP contribution in [0.4, 0.5) is 0 Å². The normalized spacial score (nSPS) is 14.9. The number of amides is 1. The highest BCUT2D eigenvalue weighted by Crippen LogP contribution is 2.37. The Morgan fingerprint density at radius 2 is 1.81 bits per heavy atom. The van der Waals surface area contributed by atoms with E-state index in [1.165, 1.54) is 6.42 Å². The average Bonchev–Trinajstić information content (AvgIpc) is 2.51. The Labute approximate surface area is 131 Å². The number of ether oxygens (including phenoxy) is 2. The van der Waals surface area contributed by atoms with E-state index in [1.54, 1.807) is 12.1 Å². The SMILES string of the molecule is CCOc1cc(C(=O)N2CCCCC2)cc(Cl)c1OCC. The quantitative estimate of drug-likeness (QED) is 0.831. The van der Waals surface area contributed by atoms with Gasteiger partial charge >= 0.3 is 0 Å². The summed E-state index contributed by atoms with van der Waals surface area (Å²) in [4.78, 5) is 14.4. The molecule has 0 saturated carbocycles. The number of nitrogens with zero attached hydrogens (tertiary/aromatic N) is 1. The van der Waals surface area contributed by atoms with Crippen LogP contribution in [-0.2, 0) is 0 Å². The molecule has 1 amide bonds. The third kappa shape index (κ3) is 3.82. The van der Waals surface area contributed by atoms with Crippen LogP contribution >= 0.6 is 11.6 Å². The Balaban J connectivity index is 2.28. The van der Waals surface area contributed by atoms with E-state index in [9.17, 15) is 4.79 Å². The molecule has 1 aliphatic heterocycles. The van der Waals surface area contributed by atoms with Crippen LogP contribution in [0, 0.1) is 0 Å². The van der Waals surface area contributed by atoms with Gasteiger partial charge in [0, 0.05) is 18.7 Å². The molecule has 2 rings (SSSR count). The zero-order valence-corrected chi connectivity index (χ0v) is 13.4. The molecule has 0 atom stereocenters. The second-order valence-corrected chi connectivity index (χ2v) is 5.41. The van der Waals surface area contributed by atoms with Crippen molar-refractivity contribution < 1.29 is 14.3 Å². The van der Waals surface area contributed by atoms with Gasteiger partial charge in [-0.1, -0.05) is 11.6 Å². The predicted octanol–water partition coefficient (Wildman–Crippen LogP) is 3.76. The number of carbonyl (C=O) groups is 1. The summed E-state index contributed by atoms with van der Waals surface area (Å²) in [7, 11) is 0. The minimum atomic E-state index is 0.0144. The molecule has 1 saturated heterocycles. The molecule has 0 bridgehead atoms. The summed E-state index contributed by atoms with van der Waals surface area (Å²) < 4.78 is 11.1. The Kier molecular flexibility index (Phi) is 5.74. The van der Waals surface area contributed by atoms with Gasteiger partial charge in [-0.3, -0.25) is 4.79 Å². The van der Waals surface area contributed by atoms with Crippen molar-refractivity contribution in [2.24, 2.45) is 0 Å². The number of rotatable bonds is 5. The van der Waals surface area contributed by atoms with E-state index in [4.69, 9.17) is 21.1 Å². The van der Waals surface area contributed by atoms with Crippen LogP contribution in [-0.4, -0.2) is 37.1 Å². The zero-order valence-electron chi connectivity index (χ0n) is 12.7. The standard InChI is InChI=1S/C16H22ClNO3/c1-3-20-14-11-12(10-13(17)15(14)21-4-2)16(19)18-8-6-5-7-9-18/h10-11H,3-9H2,1-2H3. The summed E-state index contributed by atoms with van der Waals surface area (Å²) in [5.41, 5.74) is 0.564. The zero-order chi connectivity index (χ0) is 15.2. The summed E-state index contributed by atoms with van der Waals surface area (Å²) in [5.74, 6) is 1.06. The van der Waals surface area contributed by atoms with Crippen LogP contribution in [0.25, 0.3) is 0 Å². The predicted molar refractivity (Wildman–Crippen MR) is 83.5 cm³/mol. The highest BCUT2D eigenvalue weighted by Gasteiger charge is 2.21. The molecule has 0 radical (unpaired) electrons. The fourth-order valence-electron chi connectivity index (χ4n) is 2.52. The first-order valence-corrected chi connectivity index (χ1v) is 7.93. The first kappa shape index (κ1) is 16.0. The van der Waals surface area contributed by atoms with Crippen molar-refractivity contribution in [1.29, 1.82) is 0 Å². The molecular weight excluding hydrogens is 290 g/mol. The molecule has 1 heterocycles. The lowest BCUT2D eigenvalue weighted by molar-refractivity contribution is 0.0724. The highest BCUT2D eigenvalue weighted by atomic mass is 35.5. The molecule has 5 heteroatoms. The van der Waals surface area contributed by atoms with Gasteiger partial charge in [0.25, 0.3) is 5.91 Å². The lowest BCUT2D eigenvalue weighted by atomic mass is 10.1. The molecule has 21 heavy (non-hydrogen) atoms. The van der Waals surface area contributed by atoms with Gasteiger partial charge < -0.3 is 14.4 Å². The fraction of sp³-hybridized carbons (Fsp3) is 0.562. The molecule has 0 aliphatic carbocycles. The van der Waals surface area contributed by atoms with Crippen molar-refractivity contribution in [3.8, 4) is 11.5 Å². The van der Waals surface area contributed by atoms with Gasteiger partial charge in [0.05, 0.1) is 18.2 Å². The van der Waals surface area contributed by atoms with Crippen molar-refractivity contribution in [3.63, 3.8) is 0 Å². The summed E-state index contributed by atoms with van der Waals surface area (Å²) in [6, 6.07) is 3.41. The number of hydrogen-bond acceptors (Lipinski definition) is 3. The molecule has 1 fully saturated rings. The van der Waals surface area contributed by atoms with Gasteiger partial charge in [0.2, 0.25) is 0 Å². The van der Waals surface area contributed by atoms with Gasteiger partial charge in [-0.15, -0.1) is 0 Å². The van der Waals surface area contributed by atoms with E-state index in [0.717, 1.165) is 25.9 Å². The lowest BCUT2D eigenvalue weighted by Crippen LogP contribution is -2.35. The molecule has 0 spiro atoms. The molecule has 4 nitrogen and oxygen atoms in total. The van der Waals surface area contributed by atoms with Gasteiger partial charge in [-0.2, -0.15) is 0 Å². The number of carbonyl (C=O) groups excluding carboxylic acids is 1. The van der Waals surface area contributed by atoms with E-state index in [-0.39, 0.29) is 5.91 Å². The molecule has 116 valence electrons. The van der Waals surface area contributed by atoms with Crippen molar-refractivity contribution in [3.05, 3.63) is 22.7 Å². The van der Waals surface area contributed by atoms with Crippen LogP contribution in [0.5, 0.6) is 11.5 Å². The lowest BCUT2D eigenvalue weighted by Gasteiger charge is -2.27. The Morgan fingerprint density at radius 1 is 1.14 bits per heavy atom. The number of benzene rings is 1. The van der Waals surface area contributed by atoms with Crippen molar-refractivity contribution in [2.75, 3.05) is 26.3 Å². The number of halogens is 1. The monoisotopic (exact) mass is 311 g/mol. The maximum atomic E-state index is 12.5. The molecule has 1 aromatic rings. The van der Waals surface area contributed by atoms with Crippen LogP contribution in [0.3, 0.4) is 0 Å². The van der Waals surface area contributed by atoms with Gasteiger partial charge in [-0.25, -0.2) is 0 Å². The van der Waals surface area contributed by atoms with Gasteiger partial charge in [-0.05, 0) is 45.2 Å². The van der Waals surface area contributed by atoms with E-state index in [2.05, 4.69) is 0 Å². The van der Waals surface area contributed by atoms with Crippen molar-refractivity contribution >= 4 is 17.5 Å². The van der Waals surface area contributed by atoms with Gasteiger partial charge in [0.15, 0.2) is 11.5 Å². The Bertz CT molecular complexity index is 499. The highest BCUT2D eigenvalue weighted by molar-refractivity contribution is 6.32. The summed E-state index contributed by atoms with van der Waals surface area (Å²) in [6.07, 6.45) is 3.32. The van der Waals surface area contributed by atoms with Crippen LogP contribution in [0.2, 0.25) is 5.02 Å². The summed E-state index contributed by atoms with van der Waals surface area (Å²) in [5, 5.41) is 0.420. The summed E-state index contributed by atoms with van der Waals surface area (Å²) >= 11 is 6.26. The second-order valence-electron chi connectivity index (χ2n) is 5.00. The van der Waals surface area contributed by atoms with Crippen LogP contribution in [0.15, 0.2) is 12.1 Å². The maximum Gasteiger partial charge on any atom is 0.254 e. The van der Waals surface area contributed by atoms with E-state index < -0.39 is 0 Å². The van der Waals surface area contributed by atoms with Crippen molar-refractivity contribution in [2.45, 2.75) is 33.1 Å². The minimum Gasteiger partial charge on any atom is -0.490 e. The molecule has 0 aromatic heterocycles. The smallest absolute Gasteiger partial charge is 0.254 e. The molecule has 0 unspecified atom stereocenters. The molecule has 0 N–H and O–H groups in total. The number of piperidine rings is 1.